The number of hydrogen-bond donors (Lipinski definition) is 0. The largest absolute Gasteiger partial charge is 0.443 e. The van der Waals surface area contributed by atoms with Crippen LogP contribution in [0.5, 0.6) is 0 Å². The zero-order valence-corrected chi connectivity index (χ0v) is 12.6. The summed E-state index contributed by atoms with van der Waals surface area (Å²) in [7, 11) is 0. The minimum atomic E-state index is -0.306. The molecule has 0 radical (unpaired) electrons. The number of alkyl halides is 1. The smallest absolute Gasteiger partial charge is 0.414 e. The van der Waals surface area contributed by atoms with Gasteiger partial charge in [0, 0.05) is 14.6 Å². The molecular formula is C10H8BrClINO2. The number of amides is 1. The van der Waals surface area contributed by atoms with Crippen molar-refractivity contribution in [3.8, 4) is 0 Å². The lowest BCUT2D eigenvalue weighted by atomic mass is 10.3. The van der Waals surface area contributed by atoms with Crippen LogP contribution in [0.25, 0.3) is 0 Å². The van der Waals surface area contributed by atoms with E-state index in [2.05, 4.69) is 38.5 Å². The maximum atomic E-state index is 11.6. The highest BCUT2D eigenvalue weighted by atomic mass is 127. The molecule has 6 heteroatoms. The maximum Gasteiger partial charge on any atom is 0.414 e. The summed E-state index contributed by atoms with van der Waals surface area (Å²) in [6.45, 7) is 0.583. The molecule has 1 fully saturated rings. The molecule has 0 bridgehead atoms. The monoisotopic (exact) mass is 415 g/mol. The molecule has 0 saturated carbocycles. The number of hydrogen-bond acceptors (Lipinski definition) is 2. The first-order valence-electron chi connectivity index (χ1n) is 4.61. The van der Waals surface area contributed by atoms with Crippen LogP contribution in [-0.4, -0.2) is 23.2 Å². The van der Waals surface area contributed by atoms with E-state index in [-0.39, 0.29) is 12.2 Å². The lowest BCUT2D eigenvalue weighted by Gasteiger charge is -2.13. The first-order chi connectivity index (χ1) is 7.61. The average Bonchev–Trinajstić information content (AvgIpc) is 2.64. The Morgan fingerprint density at radius 3 is 2.94 bits per heavy atom. The van der Waals surface area contributed by atoms with Crippen molar-refractivity contribution in [2.45, 2.75) is 6.10 Å². The third-order valence-electron chi connectivity index (χ3n) is 2.26. The van der Waals surface area contributed by atoms with Gasteiger partial charge in [-0.15, -0.1) is 0 Å². The molecule has 2 rings (SSSR count). The molecule has 1 saturated heterocycles. The quantitative estimate of drug-likeness (QED) is 0.541. The van der Waals surface area contributed by atoms with Crippen molar-refractivity contribution in [2.24, 2.45) is 0 Å². The fourth-order valence-electron chi connectivity index (χ4n) is 1.47. The number of carbonyl (C=O) groups is 1. The van der Waals surface area contributed by atoms with Crippen molar-refractivity contribution in [2.75, 3.05) is 15.9 Å². The summed E-state index contributed by atoms with van der Waals surface area (Å²) in [6.07, 6.45) is -0.337. The molecule has 0 aliphatic carbocycles. The zero-order chi connectivity index (χ0) is 11.7. The molecule has 1 aliphatic heterocycles. The number of benzene rings is 1. The second kappa shape index (κ2) is 5.10. The Bertz CT molecular complexity index is 429. The number of anilines is 1. The van der Waals surface area contributed by atoms with Crippen molar-refractivity contribution in [1.29, 1.82) is 0 Å². The van der Waals surface area contributed by atoms with E-state index in [4.69, 9.17) is 16.3 Å². The molecule has 3 nitrogen and oxygen atoms in total. The lowest BCUT2D eigenvalue weighted by molar-refractivity contribution is 0.153. The van der Waals surface area contributed by atoms with Gasteiger partial charge in [-0.05, 0) is 34.1 Å². The summed E-state index contributed by atoms with van der Waals surface area (Å²) < 4.78 is 6.78. The number of cyclic esters (lactones) is 1. The van der Waals surface area contributed by atoms with E-state index in [1.54, 1.807) is 11.0 Å². The van der Waals surface area contributed by atoms with Gasteiger partial charge in [-0.2, -0.15) is 0 Å². The minimum Gasteiger partial charge on any atom is -0.443 e. The average molecular weight is 416 g/mol. The number of halogens is 3. The Balaban J connectivity index is 2.24. The van der Waals surface area contributed by atoms with E-state index in [1.807, 2.05) is 12.1 Å². The third-order valence-corrected chi connectivity index (χ3v) is 4.48. The number of carbonyl (C=O) groups excluding carboxylic acids is 1. The second-order valence-electron chi connectivity index (χ2n) is 3.37. The van der Waals surface area contributed by atoms with Gasteiger partial charge in [-0.25, -0.2) is 4.79 Å². The molecule has 0 spiro atoms. The Morgan fingerprint density at radius 2 is 2.38 bits per heavy atom. The molecule has 1 aromatic carbocycles. The van der Waals surface area contributed by atoms with Gasteiger partial charge in [0.1, 0.15) is 6.10 Å². The van der Waals surface area contributed by atoms with Gasteiger partial charge in [0.15, 0.2) is 0 Å². The lowest BCUT2D eigenvalue weighted by Crippen LogP contribution is -2.24. The Hall–Kier alpha value is -0.0100. The molecular weight excluding hydrogens is 408 g/mol. The van der Waals surface area contributed by atoms with E-state index in [1.165, 1.54) is 0 Å². The standard InChI is InChI=1S/C10H8BrClINO2/c11-8-2-1-6(3-9(8)12)14-5-7(4-13)16-10(14)15/h1-3,7H,4-5H2. The van der Waals surface area contributed by atoms with E-state index >= 15 is 0 Å². The molecule has 1 heterocycles. The molecule has 1 unspecified atom stereocenters. The number of nitrogens with zero attached hydrogens (tertiary/aromatic N) is 1. The molecule has 16 heavy (non-hydrogen) atoms. The highest BCUT2D eigenvalue weighted by molar-refractivity contribution is 14.1. The second-order valence-corrected chi connectivity index (χ2v) is 5.51. The van der Waals surface area contributed by atoms with Crippen molar-refractivity contribution in [1.82, 2.24) is 0 Å². The van der Waals surface area contributed by atoms with Gasteiger partial charge in [0.05, 0.1) is 11.6 Å². The summed E-state index contributed by atoms with van der Waals surface area (Å²) in [5.74, 6) is 0. The van der Waals surface area contributed by atoms with Crippen molar-refractivity contribution in [3.05, 3.63) is 27.7 Å². The normalized spacial score (nSPS) is 20.1. The van der Waals surface area contributed by atoms with Crippen LogP contribution in [0, 0.1) is 0 Å². The van der Waals surface area contributed by atoms with E-state index in [0.29, 0.717) is 11.6 Å². The van der Waals surface area contributed by atoms with Crippen LogP contribution in [-0.2, 0) is 4.74 Å². The first kappa shape index (κ1) is 12.4. The third kappa shape index (κ3) is 2.46. The fourth-order valence-corrected chi connectivity index (χ4v) is 2.35. The summed E-state index contributed by atoms with van der Waals surface area (Å²) >= 11 is 11.5. The van der Waals surface area contributed by atoms with Crippen LogP contribution >= 0.6 is 50.1 Å². The van der Waals surface area contributed by atoms with Crippen molar-refractivity contribution >= 4 is 61.9 Å². The van der Waals surface area contributed by atoms with Crippen molar-refractivity contribution in [3.63, 3.8) is 0 Å². The Labute approximate surface area is 120 Å². The molecule has 1 aliphatic rings. The van der Waals surface area contributed by atoms with Crippen LogP contribution in [0.3, 0.4) is 0 Å². The first-order valence-corrected chi connectivity index (χ1v) is 7.30. The van der Waals surface area contributed by atoms with Crippen LogP contribution in [0.15, 0.2) is 22.7 Å². The summed E-state index contributed by atoms with van der Waals surface area (Å²) in [4.78, 5) is 13.2. The molecule has 0 N–H and O–H groups in total. The van der Waals surface area contributed by atoms with E-state index in [0.717, 1.165) is 14.6 Å². The van der Waals surface area contributed by atoms with Gasteiger partial charge >= 0.3 is 6.09 Å². The fraction of sp³-hybridized carbons (Fsp3) is 0.300. The van der Waals surface area contributed by atoms with Crippen LogP contribution in [0.1, 0.15) is 0 Å². The van der Waals surface area contributed by atoms with Crippen LogP contribution in [0.4, 0.5) is 10.5 Å². The van der Waals surface area contributed by atoms with Gasteiger partial charge in [-0.3, -0.25) is 4.90 Å². The highest BCUT2D eigenvalue weighted by Gasteiger charge is 2.31. The molecule has 1 aromatic rings. The predicted octanol–water partition coefficient (Wildman–Crippen LogP) is 3.86. The van der Waals surface area contributed by atoms with E-state index < -0.39 is 0 Å². The molecule has 1 atom stereocenters. The minimum absolute atomic E-state index is 0.0319. The summed E-state index contributed by atoms with van der Waals surface area (Å²) in [5, 5.41) is 0.586. The Morgan fingerprint density at radius 1 is 1.62 bits per heavy atom. The van der Waals surface area contributed by atoms with Gasteiger partial charge in [0.25, 0.3) is 0 Å². The summed E-state index contributed by atoms with van der Waals surface area (Å²) in [6, 6.07) is 5.41. The highest BCUT2D eigenvalue weighted by Crippen LogP contribution is 2.29. The van der Waals surface area contributed by atoms with Crippen LogP contribution < -0.4 is 4.90 Å². The molecule has 1 amide bonds. The zero-order valence-electron chi connectivity index (χ0n) is 8.12. The van der Waals surface area contributed by atoms with Gasteiger partial charge < -0.3 is 4.74 Å². The van der Waals surface area contributed by atoms with E-state index in [9.17, 15) is 4.79 Å². The molecule has 0 aromatic heterocycles. The molecule has 86 valence electrons. The van der Waals surface area contributed by atoms with Gasteiger partial charge in [-0.1, -0.05) is 34.2 Å². The maximum absolute atomic E-state index is 11.6. The predicted molar refractivity (Wildman–Crippen MR) is 75.7 cm³/mol. The number of ether oxygens (including phenoxy) is 1. The topological polar surface area (TPSA) is 29.5 Å². The van der Waals surface area contributed by atoms with Crippen molar-refractivity contribution < 1.29 is 9.53 Å². The number of rotatable bonds is 2. The SMILES string of the molecule is O=C1OC(CI)CN1c1ccc(Br)c(Cl)c1. The van der Waals surface area contributed by atoms with Gasteiger partial charge in [0.2, 0.25) is 0 Å². The van der Waals surface area contributed by atoms with Crippen LogP contribution in [0.2, 0.25) is 5.02 Å². The summed E-state index contributed by atoms with van der Waals surface area (Å²) in [5.41, 5.74) is 0.769. The Kier molecular flexibility index (Phi) is 3.97.